The van der Waals surface area contributed by atoms with Crippen molar-refractivity contribution in [2.45, 2.75) is 0 Å². The molecular formula is C50H31N5O. The van der Waals surface area contributed by atoms with Gasteiger partial charge in [0.25, 0.3) is 0 Å². The van der Waals surface area contributed by atoms with E-state index in [1.807, 2.05) is 18.2 Å². The maximum atomic E-state index is 6.48. The molecule has 262 valence electrons. The van der Waals surface area contributed by atoms with Gasteiger partial charge < -0.3 is 13.6 Å². The molecule has 0 amide bonds. The van der Waals surface area contributed by atoms with Crippen molar-refractivity contribution in [3.63, 3.8) is 0 Å². The lowest BCUT2D eigenvalue weighted by atomic mass is 10.1. The summed E-state index contributed by atoms with van der Waals surface area (Å²) in [5.41, 5.74) is 11.3. The standard InChI is InChI=1S/C50H31N5O/c1-3-16-32(17-4-1)49-51-52-50(33-18-5-2-6-19-33)55(49)43-28-15-23-36-34-20-7-10-24-39(34)53(47(36)43)41-26-12-13-27-42(41)54-40-25-11-8-21-35(40)37-30-31-45-46(48(37)54)38-22-9-14-29-44(38)56-45/h1-31H. The molecule has 12 rings (SSSR count). The lowest BCUT2D eigenvalue weighted by molar-refractivity contribution is 0.669. The first-order valence-electron chi connectivity index (χ1n) is 18.9. The van der Waals surface area contributed by atoms with Crippen LogP contribution in [0.1, 0.15) is 0 Å². The zero-order chi connectivity index (χ0) is 36.7. The van der Waals surface area contributed by atoms with E-state index >= 15 is 0 Å². The summed E-state index contributed by atoms with van der Waals surface area (Å²) in [4.78, 5) is 0. The Balaban J connectivity index is 1.23. The van der Waals surface area contributed by atoms with Crippen LogP contribution >= 0.6 is 0 Å². The molecule has 4 heterocycles. The molecule has 12 aromatic rings. The van der Waals surface area contributed by atoms with Crippen LogP contribution in [0.5, 0.6) is 0 Å². The molecule has 0 aliphatic heterocycles. The fourth-order valence-corrected chi connectivity index (χ4v) is 8.85. The van der Waals surface area contributed by atoms with Crippen LogP contribution in [0.4, 0.5) is 0 Å². The molecule has 0 spiro atoms. The summed E-state index contributed by atoms with van der Waals surface area (Å²) in [5, 5.41) is 16.6. The first-order valence-corrected chi connectivity index (χ1v) is 18.9. The molecule has 4 aromatic heterocycles. The van der Waals surface area contributed by atoms with Gasteiger partial charge in [-0.2, -0.15) is 0 Å². The molecule has 56 heavy (non-hydrogen) atoms. The van der Waals surface area contributed by atoms with Gasteiger partial charge in [-0.05, 0) is 48.5 Å². The number of fused-ring (bicyclic) bond motifs is 10. The first-order chi connectivity index (χ1) is 27.8. The van der Waals surface area contributed by atoms with Crippen LogP contribution in [0.15, 0.2) is 192 Å². The average Bonchev–Trinajstić information content (AvgIpc) is 4.04. The molecule has 0 saturated heterocycles. The summed E-state index contributed by atoms with van der Waals surface area (Å²) in [6.45, 7) is 0. The lowest BCUT2D eigenvalue weighted by Crippen LogP contribution is -2.07. The van der Waals surface area contributed by atoms with Gasteiger partial charge in [-0.25, -0.2) is 0 Å². The number of para-hydroxylation sites is 6. The minimum absolute atomic E-state index is 0.777. The van der Waals surface area contributed by atoms with Gasteiger partial charge in [0.1, 0.15) is 11.2 Å². The zero-order valence-electron chi connectivity index (χ0n) is 30.0. The SMILES string of the molecule is c1ccc(-c2nnc(-c3ccccc3)n2-c2cccc3c4ccccc4n(-c4ccccc4-n4c5ccccc5c5ccc6oc7ccccc7c6c54)c23)cc1. The van der Waals surface area contributed by atoms with Gasteiger partial charge >= 0.3 is 0 Å². The quantitative estimate of drug-likeness (QED) is 0.178. The number of benzene rings is 8. The lowest BCUT2D eigenvalue weighted by Gasteiger charge is -2.19. The largest absolute Gasteiger partial charge is 0.456 e. The number of aromatic nitrogens is 5. The third-order valence-corrected chi connectivity index (χ3v) is 11.2. The highest BCUT2D eigenvalue weighted by Crippen LogP contribution is 2.44. The van der Waals surface area contributed by atoms with Crippen LogP contribution in [0.3, 0.4) is 0 Å². The topological polar surface area (TPSA) is 53.7 Å². The molecule has 0 bridgehead atoms. The molecule has 6 heteroatoms. The number of furan rings is 1. The van der Waals surface area contributed by atoms with E-state index in [1.165, 1.54) is 16.2 Å². The van der Waals surface area contributed by atoms with Crippen LogP contribution < -0.4 is 0 Å². The highest BCUT2D eigenvalue weighted by Gasteiger charge is 2.25. The Labute approximate surface area is 320 Å². The van der Waals surface area contributed by atoms with E-state index in [1.54, 1.807) is 0 Å². The van der Waals surface area contributed by atoms with E-state index in [2.05, 4.69) is 184 Å². The van der Waals surface area contributed by atoms with E-state index in [9.17, 15) is 0 Å². The minimum Gasteiger partial charge on any atom is -0.456 e. The van der Waals surface area contributed by atoms with Crippen molar-refractivity contribution < 1.29 is 4.42 Å². The zero-order valence-corrected chi connectivity index (χ0v) is 30.0. The Hall–Kier alpha value is -7.70. The van der Waals surface area contributed by atoms with Crippen molar-refractivity contribution in [1.29, 1.82) is 0 Å². The number of hydrogen-bond acceptors (Lipinski definition) is 3. The van der Waals surface area contributed by atoms with Gasteiger partial charge in [0.15, 0.2) is 11.6 Å². The fraction of sp³-hybridized carbons (Fsp3) is 0. The highest BCUT2D eigenvalue weighted by molar-refractivity contribution is 6.24. The summed E-state index contributed by atoms with van der Waals surface area (Å²) in [5.74, 6) is 1.55. The van der Waals surface area contributed by atoms with Crippen molar-refractivity contribution in [3.8, 4) is 39.8 Å². The maximum absolute atomic E-state index is 6.48. The second kappa shape index (κ2) is 11.9. The van der Waals surface area contributed by atoms with Crippen LogP contribution in [-0.2, 0) is 0 Å². The molecule has 0 saturated carbocycles. The predicted molar refractivity (Wildman–Crippen MR) is 228 cm³/mol. The summed E-state index contributed by atoms with van der Waals surface area (Å²) in [6, 6.07) is 66.1. The monoisotopic (exact) mass is 717 g/mol. The third kappa shape index (κ3) is 4.32. The van der Waals surface area contributed by atoms with Gasteiger partial charge in [0.2, 0.25) is 0 Å². The second-order valence-corrected chi connectivity index (χ2v) is 14.2. The molecule has 0 fully saturated rings. The Morgan fingerprint density at radius 1 is 0.321 bits per heavy atom. The molecule has 0 radical (unpaired) electrons. The molecule has 0 atom stereocenters. The molecule has 0 aliphatic rings. The van der Waals surface area contributed by atoms with Crippen LogP contribution in [0.2, 0.25) is 0 Å². The van der Waals surface area contributed by atoms with E-state index < -0.39 is 0 Å². The summed E-state index contributed by atoms with van der Waals surface area (Å²) in [6.07, 6.45) is 0. The highest BCUT2D eigenvalue weighted by atomic mass is 16.3. The smallest absolute Gasteiger partial charge is 0.168 e. The van der Waals surface area contributed by atoms with Crippen molar-refractivity contribution >= 4 is 65.6 Å². The number of rotatable bonds is 5. The van der Waals surface area contributed by atoms with Crippen LogP contribution in [0, 0.1) is 0 Å². The Kier molecular flexibility index (Phi) is 6.53. The summed E-state index contributed by atoms with van der Waals surface area (Å²) < 4.78 is 13.6. The molecule has 6 nitrogen and oxygen atoms in total. The Morgan fingerprint density at radius 3 is 1.45 bits per heavy atom. The average molecular weight is 718 g/mol. The van der Waals surface area contributed by atoms with E-state index in [4.69, 9.17) is 14.6 Å². The van der Waals surface area contributed by atoms with E-state index in [0.717, 1.165) is 89.2 Å². The van der Waals surface area contributed by atoms with Crippen molar-refractivity contribution in [1.82, 2.24) is 23.9 Å². The minimum atomic E-state index is 0.777. The number of nitrogens with zero attached hydrogens (tertiary/aromatic N) is 5. The fourth-order valence-electron chi connectivity index (χ4n) is 8.85. The first kappa shape index (κ1) is 30.7. The number of hydrogen-bond donors (Lipinski definition) is 0. The van der Waals surface area contributed by atoms with Crippen molar-refractivity contribution in [2.24, 2.45) is 0 Å². The van der Waals surface area contributed by atoms with Gasteiger partial charge in [-0.3, -0.25) is 4.57 Å². The maximum Gasteiger partial charge on any atom is 0.168 e. The predicted octanol–water partition coefficient (Wildman–Crippen LogP) is 12.7. The molecule has 0 unspecified atom stereocenters. The Morgan fingerprint density at radius 2 is 0.804 bits per heavy atom. The molecular weight excluding hydrogens is 687 g/mol. The van der Waals surface area contributed by atoms with Crippen molar-refractivity contribution in [3.05, 3.63) is 188 Å². The van der Waals surface area contributed by atoms with Crippen LogP contribution in [0.25, 0.3) is 105 Å². The van der Waals surface area contributed by atoms with Gasteiger partial charge in [-0.15, -0.1) is 10.2 Å². The van der Waals surface area contributed by atoms with Gasteiger partial charge in [0, 0.05) is 38.1 Å². The Bertz CT molecular complexity index is 3420. The normalized spacial score (nSPS) is 11.9. The summed E-state index contributed by atoms with van der Waals surface area (Å²) in [7, 11) is 0. The molecule has 0 aliphatic carbocycles. The second-order valence-electron chi connectivity index (χ2n) is 14.2. The van der Waals surface area contributed by atoms with E-state index in [-0.39, 0.29) is 0 Å². The van der Waals surface area contributed by atoms with Gasteiger partial charge in [0.05, 0.1) is 44.5 Å². The summed E-state index contributed by atoms with van der Waals surface area (Å²) >= 11 is 0. The van der Waals surface area contributed by atoms with Crippen molar-refractivity contribution in [2.75, 3.05) is 0 Å². The van der Waals surface area contributed by atoms with Gasteiger partial charge in [-0.1, -0.05) is 140 Å². The van der Waals surface area contributed by atoms with Crippen LogP contribution in [-0.4, -0.2) is 23.9 Å². The van der Waals surface area contributed by atoms with E-state index in [0.29, 0.717) is 0 Å². The molecule has 0 N–H and O–H groups in total. The molecule has 8 aromatic carbocycles. The third-order valence-electron chi connectivity index (χ3n) is 11.2.